The summed E-state index contributed by atoms with van der Waals surface area (Å²) in [6, 6.07) is 51.9. The number of para-hydroxylation sites is 2. The highest BCUT2D eigenvalue weighted by atomic mass is 32.1. The van der Waals surface area contributed by atoms with E-state index in [0.717, 1.165) is 33.4 Å². The Labute approximate surface area is 289 Å². The van der Waals surface area contributed by atoms with Gasteiger partial charge in [0.1, 0.15) is 0 Å². The maximum absolute atomic E-state index is 13.2. The molecule has 0 saturated carbocycles. The fourth-order valence-electron chi connectivity index (χ4n) is 8.10. The molecule has 234 valence electrons. The van der Waals surface area contributed by atoms with E-state index in [2.05, 4.69) is 112 Å². The number of nitrogens with zero attached hydrogens (tertiary/aromatic N) is 3. The lowest BCUT2D eigenvalue weighted by atomic mass is 10.1. The van der Waals surface area contributed by atoms with Crippen LogP contribution in [0.15, 0.2) is 152 Å². The summed E-state index contributed by atoms with van der Waals surface area (Å²) in [4.78, 5) is 27.7. The van der Waals surface area contributed by atoms with Crippen LogP contribution in [0.2, 0.25) is 0 Å². The van der Waals surface area contributed by atoms with E-state index in [1.165, 1.54) is 46.6 Å². The minimum atomic E-state index is -0.291. The molecule has 1 aliphatic rings. The van der Waals surface area contributed by atoms with Crippen molar-refractivity contribution in [3.8, 4) is 11.4 Å². The van der Waals surface area contributed by atoms with E-state index in [9.17, 15) is 9.59 Å². The summed E-state index contributed by atoms with van der Waals surface area (Å²) in [5.41, 5.74) is 8.03. The molecule has 7 aromatic carbocycles. The van der Waals surface area contributed by atoms with E-state index in [1.54, 1.807) is 24.3 Å². The van der Waals surface area contributed by atoms with Crippen LogP contribution in [0.3, 0.4) is 0 Å². The number of amides is 2. The number of carbonyl (C=O) groups is 2. The minimum absolute atomic E-state index is 0.291. The average molecular weight is 660 g/mol. The van der Waals surface area contributed by atoms with Gasteiger partial charge in [0.15, 0.2) is 0 Å². The van der Waals surface area contributed by atoms with Crippen LogP contribution < -0.4 is 4.90 Å². The van der Waals surface area contributed by atoms with Gasteiger partial charge in [0.25, 0.3) is 11.8 Å². The van der Waals surface area contributed by atoms with Gasteiger partial charge in [-0.3, -0.25) is 9.59 Å². The van der Waals surface area contributed by atoms with Crippen molar-refractivity contribution in [2.24, 2.45) is 0 Å². The second-order valence-electron chi connectivity index (χ2n) is 12.8. The highest BCUT2D eigenvalue weighted by Gasteiger charge is 2.36. The van der Waals surface area contributed by atoms with Crippen molar-refractivity contribution in [3.63, 3.8) is 0 Å². The van der Waals surface area contributed by atoms with Crippen molar-refractivity contribution in [2.75, 3.05) is 4.90 Å². The molecule has 50 heavy (non-hydrogen) atoms. The molecule has 10 aromatic rings. The van der Waals surface area contributed by atoms with Gasteiger partial charge < -0.3 is 9.13 Å². The third-order valence-corrected chi connectivity index (χ3v) is 11.4. The molecule has 11 rings (SSSR count). The molecule has 5 nitrogen and oxygen atoms in total. The molecule has 0 aliphatic carbocycles. The van der Waals surface area contributed by atoms with Gasteiger partial charge in [-0.25, -0.2) is 4.90 Å². The topological polar surface area (TPSA) is 47.2 Å². The Bertz CT molecular complexity index is 3050. The number of carbonyl (C=O) groups excluding carboxylic acids is 2. The zero-order valence-corrected chi connectivity index (χ0v) is 27.3. The van der Waals surface area contributed by atoms with Crippen molar-refractivity contribution < 1.29 is 9.59 Å². The summed E-state index contributed by atoms with van der Waals surface area (Å²) in [5, 5.41) is 7.34. The first-order valence-electron chi connectivity index (χ1n) is 16.6. The van der Waals surface area contributed by atoms with E-state index in [1.807, 2.05) is 35.6 Å². The number of aromatic nitrogens is 2. The summed E-state index contributed by atoms with van der Waals surface area (Å²) < 4.78 is 7.27. The summed E-state index contributed by atoms with van der Waals surface area (Å²) in [6.07, 6.45) is 0. The lowest BCUT2D eigenvalue weighted by molar-refractivity contribution is 0.0926. The van der Waals surface area contributed by atoms with Crippen molar-refractivity contribution in [3.05, 3.63) is 163 Å². The van der Waals surface area contributed by atoms with Gasteiger partial charge >= 0.3 is 0 Å². The van der Waals surface area contributed by atoms with Crippen molar-refractivity contribution in [1.82, 2.24) is 9.13 Å². The van der Waals surface area contributed by atoms with Crippen LogP contribution in [-0.2, 0) is 0 Å². The zero-order chi connectivity index (χ0) is 33.1. The normalized spacial score (nSPS) is 13.2. The fourth-order valence-corrected chi connectivity index (χ4v) is 9.19. The van der Waals surface area contributed by atoms with E-state index in [0.29, 0.717) is 16.8 Å². The van der Waals surface area contributed by atoms with Gasteiger partial charge in [-0.1, -0.05) is 66.7 Å². The Balaban J connectivity index is 1.13. The van der Waals surface area contributed by atoms with Gasteiger partial charge in [-0.15, -0.1) is 11.3 Å². The number of anilines is 1. The number of benzene rings is 7. The lowest BCUT2D eigenvalue weighted by Gasteiger charge is -2.15. The SMILES string of the molecule is O=C1c2ccccc2C(=O)N1c1ccc(-n2c3ccccc3c3c4c5ccccc5n(-c5ccc6sc7ccccc7c6c5)c4ccc32)cc1. The molecule has 0 radical (unpaired) electrons. The third-order valence-electron chi connectivity index (χ3n) is 10.3. The second kappa shape index (κ2) is 10.0. The van der Waals surface area contributed by atoms with Gasteiger partial charge in [-0.05, 0) is 84.9 Å². The maximum Gasteiger partial charge on any atom is 0.266 e. The molecular formula is C44H25N3O2S. The van der Waals surface area contributed by atoms with E-state index < -0.39 is 0 Å². The van der Waals surface area contributed by atoms with Crippen molar-refractivity contribution in [2.45, 2.75) is 0 Å². The highest BCUT2D eigenvalue weighted by molar-refractivity contribution is 7.25. The van der Waals surface area contributed by atoms with Crippen molar-refractivity contribution >= 4 is 92.6 Å². The largest absolute Gasteiger partial charge is 0.309 e. The Morgan fingerprint density at radius 1 is 0.380 bits per heavy atom. The van der Waals surface area contributed by atoms with E-state index in [4.69, 9.17) is 0 Å². The molecule has 0 spiro atoms. The molecular weight excluding hydrogens is 635 g/mol. The summed E-state index contributed by atoms with van der Waals surface area (Å²) in [6.45, 7) is 0. The molecule has 6 heteroatoms. The molecule has 0 unspecified atom stereocenters. The fraction of sp³-hybridized carbons (Fsp3) is 0. The molecule has 0 bridgehead atoms. The second-order valence-corrected chi connectivity index (χ2v) is 13.9. The minimum Gasteiger partial charge on any atom is -0.309 e. The van der Waals surface area contributed by atoms with Crippen LogP contribution in [0.5, 0.6) is 0 Å². The van der Waals surface area contributed by atoms with Gasteiger partial charge in [0.2, 0.25) is 0 Å². The molecule has 0 N–H and O–H groups in total. The van der Waals surface area contributed by atoms with Gasteiger partial charge in [0, 0.05) is 53.1 Å². The van der Waals surface area contributed by atoms with Gasteiger partial charge in [-0.2, -0.15) is 0 Å². The predicted molar refractivity (Wildman–Crippen MR) is 206 cm³/mol. The number of fused-ring (bicyclic) bond motifs is 11. The molecule has 0 atom stereocenters. The summed E-state index contributed by atoms with van der Waals surface area (Å²) >= 11 is 1.84. The quantitative estimate of drug-likeness (QED) is 0.177. The smallest absolute Gasteiger partial charge is 0.266 e. The molecule has 1 aliphatic heterocycles. The predicted octanol–water partition coefficient (Wildman–Crippen LogP) is 11.0. The van der Waals surface area contributed by atoms with Crippen LogP contribution in [0.4, 0.5) is 5.69 Å². The number of rotatable bonds is 3. The first-order chi connectivity index (χ1) is 24.7. The molecule has 2 amide bonds. The number of hydrogen-bond donors (Lipinski definition) is 0. The summed E-state index contributed by atoms with van der Waals surface area (Å²) in [7, 11) is 0. The zero-order valence-electron chi connectivity index (χ0n) is 26.5. The van der Waals surface area contributed by atoms with E-state index in [-0.39, 0.29) is 11.8 Å². The first kappa shape index (κ1) is 27.5. The Morgan fingerprint density at radius 2 is 0.860 bits per heavy atom. The van der Waals surface area contributed by atoms with Crippen LogP contribution in [-0.4, -0.2) is 20.9 Å². The first-order valence-corrected chi connectivity index (χ1v) is 17.4. The third kappa shape index (κ3) is 3.60. The summed E-state index contributed by atoms with van der Waals surface area (Å²) in [5.74, 6) is -0.583. The number of hydrogen-bond acceptors (Lipinski definition) is 3. The highest BCUT2D eigenvalue weighted by Crippen LogP contribution is 2.43. The molecule has 0 saturated heterocycles. The lowest BCUT2D eigenvalue weighted by Crippen LogP contribution is -2.29. The standard InChI is InChI=1S/C44H25N3O2S/c48-43-30-10-1-2-11-31(30)44(49)47(43)27-19-17-26(18-20-27)45-35-14-6-3-12-32(35)41-37(45)22-23-38-42(41)33-13-4-7-15-36(33)46(38)28-21-24-40-34(25-28)29-9-5-8-16-39(29)50-40/h1-25H. The van der Waals surface area contributed by atoms with E-state index >= 15 is 0 Å². The Kier molecular flexibility index (Phi) is 5.50. The van der Waals surface area contributed by atoms with Gasteiger partial charge in [0.05, 0.1) is 38.9 Å². The molecule has 0 fully saturated rings. The van der Waals surface area contributed by atoms with Crippen LogP contribution in [0, 0.1) is 0 Å². The van der Waals surface area contributed by atoms with Crippen LogP contribution in [0.25, 0.3) is 75.2 Å². The molecule has 3 aromatic heterocycles. The van der Waals surface area contributed by atoms with Crippen LogP contribution in [0.1, 0.15) is 20.7 Å². The number of imide groups is 1. The Hall–Kier alpha value is -6.50. The Morgan fingerprint density at radius 3 is 1.50 bits per heavy atom. The maximum atomic E-state index is 13.2. The average Bonchev–Trinajstić information content (AvgIpc) is 3.88. The monoisotopic (exact) mass is 659 g/mol. The molecule has 4 heterocycles. The van der Waals surface area contributed by atoms with Crippen molar-refractivity contribution in [1.29, 1.82) is 0 Å². The number of thiophene rings is 1. The van der Waals surface area contributed by atoms with Crippen LogP contribution >= 0.6 is 11.3 Å².